The van der Waals surface area contributed by atoms with Crippen LogP contribution in [0.25, 0.3) is 0 Å². The van der Waals surface area contributed by atoms with Crippen molar-refractivity contribution in [3.05, 3.63) is 0 Å². The average Bonchev–Trinajstić information content (AvgIpc) is 1.83. The fourth-order valence-electron chi connectivity index (χ4n) is 0.241. The molecule has 0 radical (unpaired) electrons. The summed E-state index contributed by atoms with van der Waals surface area (Å²) in [6, 6.07) is 0. The fourth-order valence-corrected chi connectivity index (χ4v) is 0.241. The molecule has 0 atom stereocenters. The van der Waals surface area contributed by atoms with Gasteiger partial charge in [0.25, 0.3) is 0 Å². The maximum Gasteiger partial charge on any atom is 0.303 e. The zero-order valence-corrected chi connectivity index (χ0v) is 5.22. The molecule has 0 saturated carbocycles. The van der Waals surface area contributed by atoms with Gasteiger partial charge in [0.1, 0.15) is 0 Å². The summed E-state index contributed by atoms with van der Waals surface area (Å²) in [4.78, 5) is 20.4. The Balaban J connectivity index is 3.28. The van der Waals surface area contributed by atoms with Gasteiger partial charge in [0.2, 0.25) is 0 Å². The van der Waals surface area contributed by atoms with Gasteiger partial charge in [-0.1, -0.05) is 0 Å². The number of nitrogens with two attached hydrogens (primary N) is 1. The van der Waals surface area contributed by atoms with E-state index >= 15 is 0 Å². The molecule has 2 N–H and O–H groups in total. The Bertz CT molecular complexity index is 121. The third-order valence-corrected chi connectivity index (χ3v) is 0.664. The number of ketones is 1. The Kier molecular flexibility index (Phi) is 3.62. The Morgan fingerprint density at radius 2 is 2.11 bits per heavy atom. The lowest BCUT2D eigenvalue weighted by atomic mass is 10.4. The van der Waals surface area contributed by atoms with Crippen molar-refractivity contribution < 1.29 is 14.3 Å². The van der Waals surface area contributed by atoms with Gasteiger partial charge in [0, 0.05) is 6.92 Å². The number of hydrogen-bond donors (Lipinski definition) is 1. The van der Waals surface area contributed by atoms with Crippen LogP contribution in [0.5, 0.6) is 0 Å². The summed E-state index contributed by atoms with van der Waals surface area (Å²) in [5.41, 5.74) is 4.92. The first-order valence-corrected chi connectivity index (χ1v) is 2.52. The predicted molar refractivity (Wildman–Crippen MR) is 30.7 cm³/mol. The maximum atomic E-state index is 10.3. The van der Waals surface area contributed by atoms with E-state index in [4.69, 9.17) is 5.73 Å². The highest BCUT2D eigenvalue weighted by Gasteiger charge is 1.99. The molecule has 0 aromatic heterocycles. The van der Waals surface area contributed by atoms with Crippen LogP contribution in [0.2, 0.25) is 0 Å². The molecule has 52 valence electrons. The quantitative estimate of drug-likeness (QED) is 0.503. The highest BCUT2D eigenvalue weighted by molar-refractivity contribution is 5.83. The Morgan fingerprint density at radius 1 is 1.56 bits per heavy atom. The lowest BCUT2D eigenvalue weighted by Gasteiger charge is -1.96. The van der Waals surface area contributed by atoms with Crippen LogP contribution in [0.1, 0.15) is 6.92 Å². The van der Waals surface area contributed by atoms with Crippen LogP contribution in [0.15, 0.2) is 0 Å². The average molecular weight is 131 g/mol. The fraction of sp³-hybridized carbons (Fsp3) is 0.600. The third-order valence-electron chi connectivity index (χ3n) is 0.664. The van der Waals surface area contributed by atoms with E-state index in [1.54, 1.807) is 0 Å². The normalized spacial score (nSPS) is 8.67. The smallest absolute Gasteiger partial charge is 0.303 e. The Labute approximate surface area is 53.0 Å². The number of ether oxygens (including phenoxy) is 1. The minimum Gasteiger partial charge on any atom is -0.458 e. The molecular formula is C5H9NO3. The number of carbonyl (C=O) groups is 2. The van der Waals surface area contributed by atoms with Gasteiger partial charge in [-0.25, -0.2) is 0 Å². The van der Waals surface area contributed by atoms with E-state index in [1.165, 1.54) is 6.92 Å². The molecule has 4 nitrogen and oxygen atoms in total. The zero-order valence-electron chi connectivity index (χ0n) is 5.22. The summed E-state index contributed by atoms with van der Waals surface area (Å²) in [6.45, 7) is 0.961. The summed E-state index contributed by atoms with van der Waals surface area (Å²) in [5.74, 6) is -0.734. The van der Waals surface area contributed by atoms with Gasteiger partial charge < -0.3 is 10.5 Å². The zero-order chi connectivity index (χ0) is 7.28. The van der Waals surface area contributed by atoms with E-state index in [-0.39, 0.29) is 18.9 Å². The van der Waals surface area contributed by atoms with Gasteiger partial charge in [-0.3, -0.25) is 9.59 Å². The minimum atomic E-state index is -0.461. The van der Waals surface area contributed by atoms with Gasteiger partial charge in [-0.2, -0.15) is 0 Å². The predicted octanol–water partition coefficient (Wildman–Crippen LogP) is -0.923. The molecule has 0 aliphatic carbocycles. The van der Waals surface area contributed by atoms with Crippen molar-refractivity contribution in [1.82, 2.24) is 0 Å². The summed E-state index contributed by atoms with van der Waals surface area (Å²) >= 11 is 0. The molecule has 0 fully saturated rings. The van der Waals surface area contributed by atoms with Crippen molar-refractivity contribution in [2.75, 3.05) is 13.2 Å². The summed E-state index contributed by atoms with van der Waals surface area (Å²) in [7, 11) is 0. The molecule has 9 heavy (non-hydrogen) atoms. The van der Waals surface area contributed by atoms with Crippen LogP contribution in [0.3, 0.4) is 0 Å². The van der Waals surface area contributed by atoms with Crippen molar-refractivity contribution in [1.29, 1.82) is 0 Å². The molecule has 0 unspecified atom stereocenters. The molecule has 0 aromatic rings. The van der Waals surface area contributed by atoms with Crippen LogP contribution >= 0.6 is 0 Å². The number of rotatable bonds is 3. The van der Waals surface area contributed by atoms with E-state index in [0.717, 1.165) is 0 Å². The standard InChI is InChI=1S/C5H9NO3/c1-4(7)9-3-5(8)2-6/h2-3,6H2,1H3. The first-order valence-electron chi connectivity index (χ1n) is 2.52. The molecule has 0 aromatic carbocycles. The molecule has 0 bridgehead atoms. The first-order chi connectivity index (χ1) is 4.16. The van der Waals surface area contributed by atoms with E-state index in [1.807, 2.05) is 0 Å². The van der Waals surface area contributed by atoms with Crippen molar-refractivity contribution in [3.63, 3.8) is 0 Å². The third kappa shape index (κ3) is 4.96. The van der Waals surface area contributed by atoms with Crippen LogP contribution < -0.4 is 5.73 Å². The highest BCUT2D eigenvalue weighted by Crippen LogP contribution is 1.75. The van der Waals surface area contributed by atoms with Gasteiger partial charge in [0.05, 0.1) is 6.54 Å². The Hall–Kier alpha value is -0.900. The highest BCUT2D eigenvalue weighted by atomic mass is 16.5. The monoisotopic (exact) mass is 131 g/mol. The van der Waals surface area contributed by atoms with Gasteiger partial charge in [0.15, 0.2) is 12.4 Å². The van der Waals surface area contributed by atoms with Gasteiger partial charge in [-0.05, 0) is 0 Å². The topological polar surface area (TPSA) is 69.4 Å². The molecule has 0 heterocycles. The second-order valence-electron chi connectivity index (χ2n) is 1.52. The first kappa shape index (κ1) is 8.10. The van der Waals surface area contributed by atoms with Crippen LogP contribution in [0, 0.1) is 0 Å². The number of Topliss-reactive ketones (excluding diaryl/α,β-unsaturated/α-hetero) is 1. The van der Waals surface area contributed by atoms with E-state index in [9.17, 15) is 9.59 Å². The minimum absolute atomic E-state index is 0.0761. The number of hydrogen-bond acceptors (Lipinski definition) is 4. The molecule has 0 amide bonds. The number of esters is 1. The van der Waals surface area contributed by atoms with Gasteiger partial charge in [-0.15, -0.1) is 0 Å². The molecule has 0 saturated heterocycles. The summed E-state index contributed by atoms with van der Waals surface area (Å²) in [6.07, 6.45) is 0. The summed E-state index contributed by atoms with van der Waals surface area (Å²) < 4.78 is 4.33. The largest absolute Gasteiger partial charge is 0.458 e. The SMILES string of the molecule is CC(=O)OCC(=O)CN. The lowest BCUT2D eigenvalue weighted by molar-refractivity contribution is -0.145. The molecular weight excluding hydrogens is 122 g/mol. The molecule has 0 spiro atoms. The van der Waals surface area contributed by atoms with Crippen LogP contribution in [0.4, 0.5) is 0 Å². The van der Waals surface area contributed by atoms with Crippen LogP contribution in [-0.4, -0.2) is 24.9 Å². The second-order valence-corrected chi connectivity index (χ2v) is 1.52. The van der Waals surface area contributed by atoms with Crippen molar-refractivity contribution >= 4 is 11.8 Å². The van der Waals surface area contributed by atoms with Crippen LogP contribution in [-0.2, 0) is 14.3 Å². The van der Waals surface area contributed by atoms with Crippen molar-refractivity contribution in [2.45, 2.75) is 6.92 Å². The van der Waals surface area contributed by atoms with Gasteiger partial charge >= 0.3 is 5.97 Å². The van der Waals surface area contributed by atoms with E-state index in [2.05, 4.69) is 4.74 Å². The van der Waals surface area contributed by atoms with Crippen molar-refractivity contribution in [3.8, 4) is 0 Å². The van der Waals surface area contributed by atoms with Crippen molar-refractivity contribution in [2.24, 2.45) is 5.73 Å². The van der Waals surface area contributed by atoms with E-state index < -0.39 is 5.97 Å². The molecule has 0 aliphatic rings. The number of carbonyl (C=O) groups excluding carboxylic acids is 2. The molecule has 0 aliphatic heterocycles. The summed E-state index contributed by atoms with van der Waals surface area (Å²) in [5, 5.41) is 0. The molecule has 0 rings (SSSR count). The maximum absolute atomic E-state index is 10.3. The second kappa shape index (κ2) is 4.03. The Morgan fingerprint density at radius 3 is 2.44 bits per heavy atom. The lowest BCUT2D eigenvalue weighted by Crippen LogP contribution is -2.20. The molecule has 4 heteroatoms. The van der Waals surface area contributed by atoms with E-state index in [0.29, 0.717) is 0 Å².